The summed E-state index contributed by atoms with van der Waals surface area (Å²) < 4.78 is 39.5. The summed E-state index contributed by atoms with van der Waals surface area (Å²) >= 11 is 1.54. The van der Waals surface area contributed by atoms with Crippen LogP contribution in [0.25, 0.3) is 22.4 Å². The Balaban J connectivity index is 1.79. The Morgan fingerprint density at radius 1 is 1.23 bits per heavy atom. The fourth-order valence-electron chi connectivity index (χ4n) is 2.84. The topological polar surface area (TPSA) is 104 Å². The van der Waals surface area contributed by atoms with Crippen LogP contribution in [0.15, 0.2) is 42.5 Å². The smallest absolute Gasteiger partial charge is 0.242 e. The van der Waals surface area contributed by atoms with Crippen molar-refractivity contribution >= 4 is 44.4 Å². The number of nitrogens with zero attached hydrogens (tertiary/aromatic N) is 1. The summed E-state index contributed by atoms with van der Waals surface area (Å²) in [7, 11) is -3.51. The fraction of sp³-hybridized carbons (Fsp3) is 0.300. The predicted molar refractivity (Wildman–Crippen MR) is 120 cm³/mol. The van der Waals surface area contributed by atoms with E-state index in [9.17, 15) is 17.6 Å². The van der Waals surface area contributed by atoms with E-state index in [2.05, 4.69) is 20.0 Å². The van der Waals surface area contributed by atoms with Crippen molar-refractivity contribution in [3.63, 3.8) is 0 Å². The van der Waals surface area contributed by atoms with Gasteiger partial charge in [0.2, 0.25) is 15.9 Å². The second-order valence-electron chi connectivity index (χ2n) is 6.67. The number of amides is 1. The highest BCUT2D eigenvalue weighted by atomic mass is 32.2. The second kappa shape index (κ2) is 9.59. The van der Waals surface area contributed by atoms with Crippen LogP contribution in [0.4, 0.5) is 10.1 Å². The third-order valence-corrected chi connectivity index (χ3v) is 6.54. The summed E-state index contributed by atoms with van der Waals surface area (Å²) in [5, 5.41) is 2.77. The van der Waals surface area contributed by atoms with Crippen molar-refractivity contribution in [3.8, 4) is 11.4 Å². The van der Waals surface area contributed by atoms with E-state index in [0.717, 1.165) is 5.56 Å². The molecular weight excluding hydrogens is 427 g/mol. The van der Waals surface area contributed by atoms with Crippen molar-refractivity contribution in [2.75, 3.05) is 23.1 Å². The number of benzene rings is 2. The van der Waals surface area contributed by atoms with Crippen molar-refractivity contribution in [2.45, 2.75) is 19.4 Å². The van der Waals surface area contributed by atoms with Crippen molar-refractivity contribution in [1.29, 1.82) is 0 Å². The molecule has 160 valence electrons. The van der Waals surface area contributed by atoms with Crippen molar-refractivity contribution in [3.05, 3.63) is 48.3 Å². The zero-order chi connectivity index (χ0) is 21.7. The lowest BCUT2D eigenvalue weighted by atomic mass is 10.2. The van der Waals surface area contributed by atoms with Gasteiger partial charge in [-0.25, -0.2) is 22.5 Å². The number of H-pyrrole nitrogens is 1. The molecule has 1 aromatic heterocycles. The molecule has 0 aliphatic heterocycles. The van der Waals surface area contributed by atoms with Crippen LogP contribution < -0.4 is 10.0 Å². The third kappa shape index (κ3) is 5.59. The Morgan fingerprint density at radius 2 is 1.97 bits per heavy atom. The van der Waals surface area contributed by atoms with E-state index >= 15 is 0 Å². The van der Waals surface area contributed by atoms with E-state index in [0.29, 0.717) is 34.7 Å². The SMILES string of the molecule is CCS(=O)(=O)NC(CCSC)C(=O)Nc1ccc2nc(-c3ccc(F)cc3)[nH]c2c1. The van der Waals surface area contributed by atoms with Gasteiger partial charge in [0.25, 0.3) is 0 Å². The zero-order valence-electron chi connectivity index (χ0n) is 16.6. The molecule has 10 heteroatoms. The van der Waals surface area contributed by atoms with Gasteiger partial charge in [-0.05, 0) is 67.8 Å². The van der Waals surface area contributed by atoms with Crippen LogP contribution in [0.3, 0.4) is 0 Å². The molecule has 1 unspecified atom stereocenters. The predicted octanol–water partition coefficient (Wildman–Crippen LogP) is 3.37. The average molecular weight is 451 g/mol. The van der Waals surface area contributed by atoms with Gasteiger partial charge in [0.05, 0.1) is 16.8 Å². The first-order valence-corrected chi connectivity index (χ1v) is 12.4. The summed E-state index contributed by atoms with van der Waals surface area (Å²) in [6.45, 7) is 1.52. The largest absolute Gasteiger partial charge is 0.338 e. The number of rotatable bonds is 9. The molecule has 0 saturated heterocycles. The van der Waals surface area contributed by atoms with Crippen LogP contribution in [-0.2, 0) is 14.8 Å². The summed E-state index contributed by atoms with van der Waals surface area (Å²) in [6, 6.07) is 10.3. The summed E-state index contributed by atoms with van der Waals surface area (Å²) in [5.41, 5.74) is 2.65. The van der Waals surface area contributed by atoms with Gasteiger partial charge in [0.1, 0.15) is 17.7 Å². The molecule has 2 aromatic carbocycles. The first kappa shape index (κ1) is 22.3. The van der Waals surface area contributed by atoms with E-state index in [4.69, 9.17) is 0 Å². The van der Waals surface area contributed by atoms with Crippen LogP contribution in [0.5, 0.6) is 0 Å². The Morgan fingerprint density at radius 3 is 2.63 bits per heavy atom. The lowest BCUT2D eigenvalue weighted by Crippen LogP contribution is -2.44. The molecule has 1 atom stereocenters. The molecule has 3 aromatic rings. The number of hydrogen-bond donors (Lipinski definition) is 3. The minimum Gasteiger partial charge on any atom is -0.338 e. The number of hydrogen-bond acceptors (Lipinski definition) is 5. The molecule has 0 radical (unpaired) electrons. The lowest BCUT2D eigenvalue weighted by molar-refractivity contribution is -0.117. The highest BCUT2D eigenvalue weighted by molar-refractivity contribution is 7.98. The maximum Gasteiger partial charge on any atom is 0.242 e. The number of imidazole rings is 1. The Kier molecular flexibility index (Phi) is 7.11. The Bertz CT molecular complexity index is 1130. The summed E-state index contributed by atoms with van der Waals surface area (Å²) in [6.07, 6.45) is 2.28. The Labute approximate surface area is 178 Å². The molecule has 0 fully saturated rings. The number of carbonyl (C=O) groups is 1. The quantitative estimate of drug-likeness (QED) is 0.464. The molecule has 1 heterocycles. The number of anilines is 1. The van der Waals surface area contributed by atoms with Gasteiger partial charge in [-0.2, -0.15) is 11.8 Å². The number of carbonyl (C=O) groups excluding carboxylic acids is 1. The van der Waals surface area contributed by atoms with E-state index in [1.807, 2.05) is 6.26 Å². The van der Waals surface area contributed by atoms with Gasteiger partial charge < -0.3 is 10.3 Å². The van der Waals surface area contributed by atoms with Crippen LogP contribution >= 0.6 is 11.8 Å². The third-order valence-electron chi connectivity index (χ3n) is 4.50. The molecule has 3 N–H and O–H groups in total. The number of nitrogens with one attached hydrogen (secondary N) is 3. The maximum absolute atomic E-state index is 13.1. The highest BCUT2D eigenvalue weighted by Crippen LogP contribution is 2.23. The average Bonchev–Trinajstić information content (AvgIpc) is 3.15. The van der Waals surface area contributed by atoms with Crippen LogP contribution in [0, 0.1) is 5.82 Å². The number of fused-ring (bicyclic) bond motifs is 1. The number of thioether (sulfide) groups is 1. The van der Waals surface area contributed by atoms with Crippen LogP contribution in [0.1, 0.15) is 13.3 Å². The summed E-state index contributed by atoms with van der Waals surface area (Å²) in [4.78, 5) is 20.3. The zero-order valence-corrected chi connectivity index (χ0v) is 18.2. The molecule has 0 aliphatic carbocycles. The molecule has 30 heavy (non-hydrogen) atoms. The minimum atomic E-state index is -3.51. The van der Waals surface area contributed by atoms with E-state index in [-0.39, 0.29) is 11.6 Å². The van der Waals surface area contributed by atoms with Crippen molar-refractivity contribution < 1.29 is 17.6 Å². The molecular formula is C20H23FN4O3S2. The van der Waals surface area contributed by atoms with Gasteiger partial charge >= 0.3 is 0 Å². The molecule has 0 aliphatic rings. The van der Waals surface area contributed by atoms with Crippen LogP contribution in [0.2, 0.25) is 0 Å². The highest BCUT2D eigenvalue weighted by Gasteiger charge is 2.23. The molecule has 7 nitrogen and oxygen atoms in total. The van der Waals surface area contributed by atoms with Gasteiger partial charge in [-0.15, -0.1) is 0 Å². The van der Waals surface area contributed by atoms with Crippen LogP contribution in [-0.4, -0.2) is 48.1 Å². The van der Waals surface area contributed by atoms with E-state index < -0.39 is 22.0 Å². The molecule has 1 amide bonds. The number of aromatic amines is 1. The van der Waals surface area contributed by atoms with Gasteiger partial charge in [-0.1, -0.05) is 0 Å². The van der Waals surface area contributed by atoms with Crippen molar-refractivity contribution in [2.24, 2.45) is 0 Å². The second-order valence-corrected chi connectivity index (χ2v) is 9.70. The molecule has 0 spiro atoms. The summed E-state index contributed by atoms with van der Waals surface area (Å²) in [5.74, 6) is 0.392. The van der Waals surface area contributed by atoms with Gasteiger partial charge in [0, 0.05) is 11.3 Å². The molecule has 3 rings (SSSR count). The van der Waals surface area contributed by atoms with E-state index in [1.165, 1.54) is 30.8 Å². The first-order valence-electron chi connectivity index (χ1n) is 9.37. The first-order chi connectivity index (χ1) is 14.3. The molecule has 0 bridgehead atoms. The van der Waals surface area contributed by atoms with Gasteiger partial charge in [-0.3, -0.25) is 4.79 Å². The number of aromatic nitrogens is 2. The maximum atomic E-state index is 13.1. The number of sulfonamides is 1. The lowest BCUT2D eigenvalue weighted by Gasteiger charge is -2.17. The van der Waals surface area contributed by atoms with E-state index in [1.54, 1.807) is 30.3 Å². The standard InChI is InChI=1S/C20H23FN4O3S2/c1-3-30(27,28)25-17(10-11-29-2)20(26)22-15-8-9-16-18(12-15)24-19(23-16)13-4-6-14(21)7-5-13/h4-9,12,17,25H,3,10-11H2,1-2H3,(H,22,26)(H,23,24). The number of halogens is 1. The molecule has 0 saturated carbocycles. The fourth-order valence-corrected chi connectivity index (χ4v) is 4.14. The van der Waals surface area contributed by atoms with Gasteiger partial charge in [0.15, 0.2) is 0 Å². The van der Waals surface area contributed by atoms with Crippen molar-refractivity contribution in [1.82, 2.24) is 14.7 Å². The minimum absolute atomic E-state index is 0.0949. The normalized spacial score (nSPS) is 12.8. The Hall–Kier alpha value is -2.43. The monoisotopic (exact) mass is 450 g/mol.